The Balaban J connectivity index is 3.20. The largest absolute Gasteiger partial charge is 0.509 e. The van der Waals surface area contributed by atoms with Gasteiger partial charge in [-0.15, -0.1) is 0 Å². The van der Waals surface area contributed by atoms with E-state index in [4.69, 9.17) is 11.7 Å². The predicted octanol–water partition coefficient (Wildman–Crippen LogP) is 2.25. The molecule has 0 unspecified atom stereocenters. The fourth-order valence-corrected chi connectivity index (χ4v) is 0.667. The Kier molecular flexibility index (Phi) is 1.59. The Bertz CT molecular complexity index is 286. The Morgan fingerprint density at radius 3 is 2.70 bits per heavy atom. The number of nitrogens with zero attached hydrogens (tertiary/aromatic N) is 1. The molecular formula is C8H7NO. The van der Waals surface area contributed by atoms with Gasteiger partial charge in [-0.05, 0) is 18.6 Å². The second kappa shape index (κ2) is 2.40. The number of hydrogen-bond donors (Lipinski definition) is 1. The van der Waals surface area contributed by atoms with Crippen LogP contribution in [0.5, 0.6) is 5.75 Å². The zero-order valence-corrected chi connectivity index (χ0v) is 5.63. The summed E-state index contributed by atoms with van der Waals surface area (Å²) in [6.07, 6.45) is 0. The number of phenols is 1. The molecule has 1 aromatic carbocycles. The van der Waals surface area contributed by atoms with Gasteiger partial charge in [0.25, 0.3) is 0 Å². The maximum absolute atomic E-state index is 9.09. The van der Waals surface area contributed by atoms with Crippen LogP contribution in [0.1, 0.15) is 5.56 Å². The topological polar surface area (TPSA) is 24.6 Å². The van der Waals surface area contributed by atoms with Crippen LogP contribution in [0, 0.1) is 13.5 Å². The molecular weight excluding hydrogens is 126 g/mol. The van der Waals surface area contributed by atoms with Gasteiger partial charge in [0, 0.05) is 0 Å². The molecule has 0 fully saturated rings. The molecule has 0 saturated heterocycles. The summed E-state index contributed by atoms with van der Waals surface area (Å²) in [5.41, 5.74) is 1.27. The summed E-state index contributed by atoms with van der Waals surface area (Å²) >= 11 is 0. The maximum Gasteiger partial charge on any atom is 0.190 e. The van der Waals surface area contributed by atoms with Crippen molar-refractivity contribution < 1.29 is 5.11 Å². The summed E-state index contributed by atoms with van der Waals surface area (Å²) in [6.45, 7) is 8.42. The van der Waals surface area contributed by atoms with Gasteiger partial charge in [0.2, 0.25) is 0 Å². The Hall–Kier alpha value is -1.49. The summed E-state index contributed by atoms with van der Waals surface area (Å²) in [5.74, 6) is 0.188. The van der Waals surface area contributed by atoms with E-state index in [9.17, 15) is 0 Å². The van der Waals surface area contributed by atoms with Crippen LogP contribution < -0.4 is 0 Å². The molecule has 0 atom stereocenters. The average molecular weight is 133 g/mol. The molecule has 0 aliphatic heterocycles. The first-order valence-corrected chi connectivity index (χ1v) is 2.91. The van der Waals surface area contributed by atoms with Crippen LogP contribution in [0.4, 0.5) is 5.69 Å². The third-order valence-corrected chi connectivity index (χ3v) is 1.32. The third kappa shape index (κ3) is 1.08. The molecule has 0 saturated carbocycles. The quantitative estimate of drug-likeness (QED) is 0.539. The standard InChI is InChI=1S/C8H7NO/c1-6-3-4-7(9-2)5-8(6)10/h3-5,10H,1H3. The second-order valence-electron chi connectivity index (χ2n) is 2.08. The van der Waals surface area contributed by atoms with Crippen molar-refractivity contribution in [1.29, 1.82) is 0 Å². The van der Waals surface area contributed by atoms with Crippen molar-refractivity contribution in [2.45, 2.75) is 6.92 Å². The molecule has 1 N–H and O–H groups in total. The van der Waals surface area contributed by atoms with E-state index >= 15 is 0 Å². The van der Waals surface area contributed by atoms with Crippen molar-refractivity contribution >= 4 is 5.69 Å². The van der Waals surface area contributed by atoms with E-state index < -0.39 is 0 Å². The zero-order valence-electron chi connectivity index (χ0n) is 5.63. The number of rotatable bonds is 0. The van der Waals surface area contributed by atoms with Crippen LogP contribution in [-0.4, -0.2) is 5.11 Å². The summed E-state index contributed by atoms with van der Waals surface area (Å²) in [4.78, 5) is 3.16. The van der Waals surface area contributed by atoms with Crippen molar-refractivity contribution in [3.05, 3.63) is 35.2 Å². The van der Waals surface area contributed by atoms with Crippen molar-refractivity contribution in [1.82, 2.24) is 0 Å². The fourth-order valence-electron chi connectivity index (χ4n) is 0.667. The van der Waals surface area contributed by atoms with Gasteiger partial charge in [-0.25, -0.2) is 4.85 Å². The number of aryl methyl sites for hydroxylation is 1. The van der Waals surface area contributed by atoms with Crippen LogP contribution in [0.2, 0.25) is 0 Å². The first-order valence-electron chi connectivity index (χ1n) is 2.91. The van der Waals surface area contributed by atoms with Gasteiger partial charge in [-0.3, -0.25) is 0 Å². The highest BCUT2D eigenvalue weighted by molar-refractivity contribution is 5.51. The highest BCUT2D eigenvalue weighted by atomic mass is 16.3. The monoisotopic (exact) mass is 133 g/mol. The lowest BCUT2D eigenvalue weighted by Gasteiger charge is -1.95. The van der Waals surface area contributed by atoms with Crippen LogP contribution in [-0.2, 0) is 0 Å². The van der Waals surface area contributed by atoms with Crippen LogP contribution in [0.25, 0.3) is 4.85 Å². The SMILES string of the molecule is [C-]#[N+]c1ccc(C)c(O)c1. The van der Waals surface area contributed by atoms with Crippen molar-refractivity contribution in [2.75, 3.05) is 0 Å². The maximum atomic E-state index is 9.09. The number of benzene rings is 1. The molecule has 0 aliphatic carbocycles. The Labute approximate surface area is 59.6 Å². The van der Waals surface area contributed by atoms with Crippen molar-refractivity contribution in [2.24, 2.45) is 0 Å². The van der Waals surface area contributed by atoms with Gasteiger partial charge in [-0.2, -0.15) is 0 Å². The van der Waals surface area contributed by atoms with Gasteiger partial charge in [0.15, 0.2) is 5.69 Å². The van der Waals surface area contributed by atoms with Gasteiger partial charge in [0.05, 0.1) is 6.57 Å². The van der Waals surface area contributed by atoms with Crippen molar-refractivity contribution in [3.63, 3.8) is 0 Å². The van der Waals surface area contributed by atoms with Crippen molar-refractivity contribution in [3.8, 4) is 5.75 Å². The number of phenolic OH excluding ortho intramolecular Hbond substituents is 1. The predicted molar refractivity (Wildman–Crippen MR) is 39.1 cm³/mol. The third-order valence-electron chi connectivity index (χ3n) is 1.32. The lowest BCUT2D eigenvalue weighted by atomic mass is 10.2. The van der Waals surface area contributed by atoms with Gasteiger partial charge in [-0.1, -0.05) is 12.1 Å². The van der Waals surface area contributed by atoms with Gasteiger partial charge >= 0.3 is 0 Å². The number of aromatic hydroxyl groups is 1. The number of hydrogen-bond acceptors (Lipinski definition) is 1. The first-order chi connectivity index (χ1) is 4.74. The average Bonchev–Trinajstić information content (AvgIpc) is 1.95. The molecule has 0 amide bonds. The normalized spacial score (nSPS) is 8.80. The smallest absolute Gasteiger partial charge is 0.190 e. The highest BCUT2D eigenvalue weighted by Crippen LogP contribution is 2.22. The molecule has 0 heterocycles. The lowest BCUT2D eigenvalue weighted by Crippen LogP contribution is -1.70. The molecule has 0 radical (unpaired) electrons. The second-order valence-corrected chi connectivity index (χ2v) is 2.08. The summed E-state index contributed by atoms with van der Waals surface area (Å²) < 4.78 is 0. The minimum absolute atomic E-state index is 0.188. The van der Waals surface area contributed by atoms with Gasteiger partial charge in [0.1, 0.15) is 5.75 Å². The first kappa shape index (κ1) is 6.63. The zero-order chi connectivity index (χ0) is 7.56. The lowest BCUT2D eigenvalue weighted by molar-refractivity contribution is 0.471. The molecule has 0 aliphatic rings. The molecule has 1 aromatic rings. The van der Waals surface area contributed by atoms with Gasteiger partial charge < -0.3 is 5.11 Å². The van der Waals surface area contributed by atoms with E-state index in [1.807, 2.05) is 0 Å². The Morgan fingerprint density at radius 1 is 1.50 bits per heavy atom. The molecule has 2 heteroatoms. The van der Waals surface area contributed by atoms with Crippen LogP contribution in [0.3, 0.4) is 0 Å². The fraction of sp³-hybridized carbons (Fsp3) is 0.125. The molecule has 10 heavy (non-hydrogen) atoms. The van der Waals surface area contributed by atoms with E-state index in [1.54, 1.807) is 19.1 Å². The van der Waals surface area contributed by atoms with E-state index in [1.165, 1.54) is 6.07 Å². The van der Waals surface area contributed by atoms with Crippen LogP contribution >= 0.6 is 0 Å². The summed E-state index contributed by atoms with van der Waals surface area (Å²) in [5, 5.41) is 9.09. The summed E-state index contributed by atoms with van der Waals surface area (Å²) in [7, 11) is 0. The minimum atomic E-state index is 0.188. The van der Waals surface area contributed by atoms with E-state index in [-0.39, 0.29) is 5.75 Å². The molecule has 0 spiro atoms. The van der Waals surface area contributed by atoms with Crippen LogP contribution in [0.15, 0.2) is 18.2 Å². The molecule has 0 aromatic heterocycles. The minimum Gasteiger partial charge on any atom is -0.509 e. The molecule has 50 valence electrons. The Morgan fingerprint density at radius 2 is 2.20 bits per heavy atom. The summed E-state index contributed by atoms with van der Waals surface area (Å²) in [6, 6.07) is 4.87. The highest BCUT2D eigenvalue weighted by Gasteiger charge is 1.95. The van der Waals surface area contributed by atoms with E-state index in [0.29, 0.717) is 5.69 Å². The van der Waals surface area contributed by atoms with E-state index in [2.05, 4.69) is 4.85 Å². The van der Waals surface area contributed by atoms with E-state index in [0.717, 1.165) is 5.56 Å². The molecule has 2 nitrogen and oxygen atoms in total. The molecule has 0 bridgehead atoms. The molecule has 1 rings (SSSR count).